The van der Waals surface area contributed by atoms with E-state index in [1.54, 1.807) is 11.3 Å². The number of rotatable bonds is 7. The van der Waals surface area contributed by atoms with E-state index in [0.717, 1.165) is 27.7 Å². The zero-order valence-electron chi connectivity index (χ0n) is 15.6. The molecule has 0 unspecified atom stereocenters. The molecule has 4 rings (SSSR count). The summed E-state index contributed by atoms with van der Waals surface area (Å²) in [6.07, 6.45) is 2.30. The van der Waals surface area contributed by atoms with Crippen LogP contribution in [0.25, 0.3) is 16.2 Å². The van der Waals surface area contributed by atoms with Gasteiger partial charge in [0, 0.05) is 22.8 Å². The Morgan fingerprint density at radius 2 is 1.93 bits per heavy atom. The van der Waals surface area contributed by atoms with Crippen molar-refractivity contribution < 1.29 is 9.53 Å². The first-order valence-corrected chi connectivity index (χ1v) is 10.0. The number of carbonyl (C=O) groups is 1. The molecule has 5 nitrogen and oxygen atoms in total. The Bertz CT molecular complexity index is 1070. The van der Waals surface area contributed by atoms with Gasteiger partial charge in [-0.25, -0.2) is 4.98 Å². The monoisotopic (exact) mass is 391 g/mol. The van der Waals surface area contributed by atoms with E-state index in [1.807, 2.05) is 77.5 Å². The van der Waals surface area contributed by atoms with Crippen molar-refractivity contribution in [2.45, 2.75) is 13.3 Å². The zero-order valence-corrected chi connectivity index (χ0v) is 16.4. The van der Waals surface area contributed by atoms with Crippen LogP contribution in [0.3, 0.4) is 0 Å². The van der Waals surface area contributed by atoms with Crippen molar-refractivity contribution >= 4 is 22.2 Å². The molecule has 0 fully saturated rings. The van der Waals surface area contributed by atoms with Crippen LogP contribution in [0.2, 0.25) is 0 Å². The lowest BCUT2D eigenvalue weighted by Gasteiger charge is -2.08. The van der Waals surface area contributed by atoms with Crippen LogP contribution in [0.5, 0.6) is 5.75 Å². The summed E-state index contributed by atoms with van der Waals surface area (Å²) < 4.78 is 7.64. The third-order valence-electron chi connectivity index (χ3n) is 4.41. The van der Waals surface area contributed by atoms with Gasteiger partial charge in [0.05, 0.1) is 18.7 Å². The van der Waals surface area contributed by atoms with Crippen LogP contribution in [0.15, 0.2) is 66.2 Å². The van der Waals surface area contributed by atoms with Crippen molar-refractivity contribution in [2.75, 3.05) is 13.2 Å². The van der Waals surface area contributed by atoms with Crippen molar-refractivity contribution in [3.63, 3.8) is 0 Å². The molecule has 1 amide bonds. The lowest BCUT2D eigenvalue weighted by Crippen LogP contribution is -2.29. The highest BCUT2D eigenvalue weighted by atomic mass is 32.1. The minimum atomic E-state index is -0.0258. The Hall–Kier alpha value is -3.12. The van der Waals surface area contributed by atoms with Gasteiger partial charge in [-0.05, 0) is 19.1 Å². The molecule has 4 aromatic rings. The molecule has 0 saturated carbocycles. The fourth-order valence-electron chi connectivity index (χ4n) is 2.93. The lowest BCUT2D eigenvalue weighted by atomic mass is 10.2. The molecule has 0 aliphatic heterocycles. The molecule has 1 N–H and O–H groups in total. The van der Waals surface area contributed by atoms with Crippen molar-refractivity contribution in [1.29, 1.82) is 0 Å². The summed E-state index contributed by atoms with van der Waals surface area (Å²) in [4.78, 5) is 17.8. The minimum Gasteiger partial charge on any atom is -0.492 e. The number of nitrogens with one attached hydrogen (secondary N) is 1. The molecule has 2 aromatic heterocycles. The van der Waals surface area contributed by atoms with Gasteiger partial charge < -0.3 is 10.1 Å². The Kier molecular flexibility index (Phi) is 5.39. The Morgan fingerprint density at radius 1 is 1.14 bits per heavy atom. The molecular weight excluding hydrogens is 370 g/mol. The third kappa shape index (κ3) is 4.23. The number of aromatic nitrogens is 2. The fraction of sp³-hybridized carbons (Fsp3) is 0.182. The van der Waals surface area contributed by atoms with E-state index < -0.39 is 0 Å². The molecule has 0 saturated heterocycles. The minimum absolute atomic E-state index is 0.0258. The zero-order chi connectivity index (χ0) is 19.3. The quantitative estimate of drug-likeness (QED) is 0.483. The second-order valence-corrected chi connectivity index (χ2v) is 7.40. The fourth-order valence-corrected chi connectivity index (χ4v) is 3.80. The van der Waals surface area contributed by atoms with E-state index in [2.05, 4.69) is 10.3 Å². The number of amides is 1. The predicted octanol–water partition coefficient (Wildman–Crippen LogP) is 4.11. The van der Waals surface area contributed by atoms with E-state index in [4.69, 9.17) is 4.74 Å². The van der Waals surface area contributed by atoms with Crippen molar-refractivity contribution in [1.82, 2.24) is 14.7 Å². The summed E-state index contributed by atoms with van der Waals surface area (Å²) in [5.41, 5.74) is 4.12. The maximum atomic E-state index is 12.3. The number of hydrogen-bond donors (Lipinski definition) is 1. The molecule has 2 heterocycles. The molecule has 0 spiro atoms. The predicted molar refractivity (Wildman–Crippen MR) is 112 cm³/mol. The number of aryl methyl sites for hydroxylation is 1. The Balaban J connectivity index is 1.32. The summed E-state index contributed by atoms with van der Waals surface area (Å²) in [7, 11) is 0. The van der Waals surface area contributed by atoms with Gasteiger partial charge in [0.15, 0.2) is 4.96 Å². The molecule has 142 valence electrons. The van der Waals surface area contributed by atoms with E-state index in [-0.39, 0.29) is 5.91 Å². The van der Waals surface area contributed by atoms with Gasteiger partial charge in [0.2, 0.25) is 5.91 Å². The average Bonchev–Trinajstić information content (AvgIpc) is 3.29. The highest BCUT2D eigenvalue weighted by molar-refractivity contribution is 7.15. The largest absolute Gasteiger partial charge is 0.492 e. The van der Waals surface area contributed by atoms with Crippen LogP contribution >= 0.6 is 11.3 Å². The van der Waals surface area contributed by atoms with Gasteiger partial charge in [-0.2, -0.15) is 0 Å². The van der Waals surface area contributed by atoms with Crippen LogP contribution in [0.4, 0.5) is 0 Å². The number of ether oxygens (including phenoxy) is 1. The topological polar surface area (TPSA) is 55.6 Å². The van der Waals surface area contributed by atoms with Crippen LogP contribution in [-0.2, 0) is 11.2 Å². The van der Waals surface area contributed by atoms with E-state index >= 15 is 0 Å². The summed E-state index contributed by atoms with van der Waals surface area (Å²) >= 11 is 1.55. The van der Waals surface area contributed by atoms with Crippen molar-refractivity contribution in [3.8, 4) is 17.0 Å². The number of hydrogen-bond acceptors (Lipinski definition) is 4. The first-order chi connectivity index (χ1) is 13.7. The Labute approximate surface area is 167 Å². The average molecular weight is 391 g/mol. The highest BCUT2D eigenvalue weighted by Crippen LogP contribution is 2.23. The first kappa shape index (κ1) is 18.3. The molecule has 0 radical (unpaired) electrons. The number of imidazole rings is 1. The normalized spacial score (nSPS) is 10.9. The molecule has 2 aromatic carbocycles. The third-order valence-corrected chi connectivity index (χ3v) is 5.30. The number of benzene rings is 2. The van der Waals surface area contributed by atoms with Gasteiger partial charge in [0.25, 0.3) is 0 Å². The Morgan fingerprint density at radius 3 is 2.71 bits per heavy atom. The maximum absolute atomic E-state index is 12.3. The molecule has 0 aliphatic rings. The van der Waals surface area contributed by atoms with Gasteiger partial charge in [-0.3, -0.25) is 9.20 Å². The van der Waals surface area contributed by atoms with Gasteiger partial charge in [0.1, 0.15) is 12.4 Å². The summed E-state index contributed by atoms with van der Waals surface area (Å²) in [5.74, 6) is 0.786. The molecular formula is C22H21N3O2S. The maximum Gasteiger partial charge on any atom is 0.226 e. The van der Waals surface area contributed by atoms with E-state index in [1.165, 1.54) is 5.56 Å². The van der Waals surface area contributed by atoms with E-state index in [9.17, 15) is 4.79 Å². The smallest absolute Gasteiger partial charge is 0.226 e. The number of fused-ring (bicyclic) bond motifs is 1. The van der Waals surface area contributed by atoms with Crippen molar-refractivity contribution in [3.05, 3.63) is 77.4 Å². The van der Waals surface area contributed by atoms with Crippen LogP contribution in [-0.4, -0.2) is 28.4 Å². The molecule has 0 bridgehead atoms. The summed E-state index contributed by atoms with van der Waals surface area (Å²) in [6, 6.07) is 17.9. The lowest BCUT2D eigenvalue weighted by molar-refractivity contribution is -0.120. The molecule has 6 heteroatoms. The molecule has 0 atom stereocenters. The first-order valence-electron chi connectivity index (χ1n) is 9.16. The van der Waals surface area contributed by atoms with Gasteiger partial charge in [-0.15, -0.1) is 11.3 Å². The van der Waals surface area contributed by atoms with Crippen molar-refractivity contribution in [2.24, 2.45) is 0 Å². The van der Waals surface area contributed by atoms with Crippen LogP contribution in [0, 0.1) is 6.92 Å². The standard InChI is InChI=1S/C22H21N3O2S/c1-16-7-9-19(10-8-16)27-12-11-23-21(26)13-18-15-28-22-24-20(14-25(18)22)17-5-3-2-4-6-17/h2-10,14-15H,11-13H2,1H3,(H,23,26). The second kappa shape index (κ2) is 8.27. The summed E-state index contributed by atoms with van der Waals surface area (Å²) in [5, 5.41) is 4.90. The molecule has 0 aliphatic carbocycles. The van der Waals surface area contributed by atoms with Crippen LogP contribution in [0.1, 0.15) is 11.3 Å². The SMILES string of the molecule is Cc1ccc(OCCNC(=O)Cc2csc3nc(-c4ccccc4)cn23)cc1. The van der Waals surface area contributed by atoms with Gasteiger partial charge >= 0.3 is 0 Å². The molecule has 28 heavy (non-hydrogen) atoms. The second-order valence-electron chi connectivity index (χ2n) is 6.56. The highest BCUT2D eigenvalue weighted by Gasteiger charge is 2.12. The van der Waals surface area contributed by atoms with Gasteiger partial charge in [-0.1, -0.05) is 48.0 Å². The number of nitrogens with zero attached hydrogens (tertiary/aromatic N) is 2. The number of thiazole rings is 1. The van der Waals surface area contributed by atoms with Crippen LogP contribution < -0.4 is 10.1 Å². The summed E-state index contributed by atoms with van der Waals surface area (Å²) in [6.45, 7) is 2.95. The number of carbonyl (C=O) groups excluding carboxylic acids is 1. The van der Waals surface area contributed by atoms with E-state index in [0.29, 0.717) is 19.6 Å².